The predicted molar refractivity (Wildman–Crippen MR) is 64.4 cm³/mol. The Morgan fingerprint density at radius 3 is 2.69 bits per heavy atom. The molecule has 94 valence electrons. The van der Waals surface area contributed by atoms with Gasteiger partial charge in [0.05, 0.1) is 5.60 Å². The first kappa shape index (κ1) is 12.3. The van der Waals surface area contributed by atoms with E-state index < -0.39 is 5.60 Å². The quantitative estimate of drug-likeness (QED) is 0.620. The van der Waals surface area contributed by atoms with E-state index in [1.807, 2.05) is 0 Å². The molecule has 16 heavy (non-hydrogen) atoms. The standard InChI is InChI=1S/C13H25NO2/c15-13(6-1-2-7-13)11-14-8-3-9-16-10-12-4-5-12/h12,14-15H,1-11H2. The van der Waals surface area contributed by atoms with Crippen molar-refractivity contribution < 1.29 is 9.84 Å². The molecule has 2 fully saturated rings. The van der Waals surface area contributed by atoms with Crippen LogP contribution in [0.1, 0.15) is 44.9 Å². The molecule has 2 aliphatic rings. The lowest BCUT2D eigenvalue weighted by atomic mass is 10.0. The highest BCUT2D eigenvalue weighted by atomic mass is 16.5. The Morgan fingerprint density at radius 1 is 1.25 bits per heavy atom. The van der Waals surface area contributed by atoms with E-state index in [1.165, 1.54) is 25.7 Å². The summed E-state index contributed by atoms with van der Waals surface area (Å²) in [6.07, 6.45) is 8.10. The van der Waals surface area contributed by atoms with E-state index in [2.05, 4.69) is 5.32 Å². The third kappa shape index (κ3) is 4.40. The van der Waals surface area contributed by atoms with Crippen LogP contribution in [-0.4, -0.2) is 37.0 Å². The van der Waals surface area contributed by atoms with Crippen LogP contribution in [0.3, 0.4) is 0 Å². The van der Waals surface area contributed by atoms with Gasteiger partial charge in [0, 0.05) is 19.8 Å². The van der Waals surface area contributed by atoms with Crippen molar-refractivity contribution in [2.45, 2.75) is 50.5 Å². The fourth-order valence-electron chi connectivity index (χ4n) is 2.36. The largest absolute Gasteiger partial charge is 0.389 e. The van der Waals surface area contributed by atoms with Crippen LogP contribution in [0.2, 0.25) is 0 Å². The molecule has 0 atom stereocenters. The third-order valence-electron chi connectivity index (χ3n) is 3.68. The Labute approximate surface area is 98.6 Å². The van der Waals surface area contributed by atoms with Gasteiger partial charge in [-0.15, -0.1) is 0 Å². The highest BCUT2D eigenvalue weighted by molar-refractivity contribution is 4.86. The van der Waals surface area contributed by atoms with Crippen LogP contribution in [0.5, 0.6) is 0 Å². The molecular weight excluding hydrogens is 202 g/mol. The van der Waals surface area contributed by atoms with Crippen molar-refractivity contribution in [1.29, 1.82) is 0 Å². The van der Waals surface area contributed by atoms with Gasteiger partial charge in [0.1, 0.15) is 0 Å². The second-order valence-corrected chi connectivity index (χ2v) is 5.48. The molecule has 0 bridgehead atoms. The minimum Gasteiger partial charge on any atom is -0.389 e. The van der Waals surface area contributed by atoms with Crippen LogP contribution in [-0.2, 0) is 4.74 Å². The first-order chi connectivity index (χ1) is 7.79. The molecule has 0 heterocycles. The molecular formula is C13H25NO2. The van der Waals surface area contributed by atoms with E-state index in [1.54, 1.807) is 0 Å². The summed E-state index contributed by atoms with van der Waals surface area (Å²) in [5.41, 5.74) is -0.408. The van der Waals surface area contributed by atoms with Gasteiger partial charge in [0.15, 0.2) is 0 Å². The summed E-state index contributed by atoms with van der Waals surface area (Å²) in [5.74, 6) is 0.868. The van der Waals surface area contributed by atoms with E-state index in [0.717, 1.165) is 51.5 Å². The van der Waals surface area contributed by atoms with Crippen molar-refractivity contribution >= 4 is 0 Å². The van der Waals surface area contributed by atoms with Crippen LogP contribution < -0.4 is 5.32 Å². The van der Waals surface area contributed by atoms with Crippen molar-refractivity contribution in [1.82, 2.24) is 5.32 Å². The third-order valence-corrected chi connectivity index (χ3v) is 3.68. The summed E-state index contributed by atoms with van der Waals surface area (Å²) in [5, 5.41) is 13.4. The SMILES string of the molecule is OC1(CNCCCOCC2CC2)CCCC1. The highest BCUT2D eigenvalue weighted by Gasteiger charge is 2.30. The van der Waals surface area contributed by atoms with Gasteiger partial charge in [-0.05, 0) is 44.6 Å². The van der Waals surface area contributed by atoms with E-state index in [0.29, 0.717) is 0 Å². The average molecular weight is 227 g/mol. The second-order valence-electron chi connectivity index (χ2n) is 5.48. The number of rotatable bonds is 8. The van der Waals surface area contributed by atoms with Gasteiger partial charge >= 0.3 is 0 Å². The summed E-state index contributed by atoms with van der Waals surface area (Å²) >= 11 is 0. The summed E-state index contributed by atoms with van der Waals surface area (Å²) in [4.78, 5) is 0. The molecule has 0 unspecified atom stereocenters. The van der Waals surface area contributed by atoms with Crippen molar-refractivity contribution in [3.05, 3.63) is 0 Å². The summed E-state index contributed by atoms with van der Waals surface area (Å²) in [6, 6.07) is 0. The Bertz CT molecular complexity index is 198. The predicted octanol–water partition coefficient (Wildman–Crippen LogP) is 1.70. The number of aliphatic hydroxyl groups is 1. The second kappa shape index (κ2) is 5.99. The Balaban J connectivity index is 1.39. The maximum atomic E-state index is 10.1. The highest BCUT2D eigenvalue weighted by Crippen LogP contribution is 2.29. The number of hydrogen-bond acceptors (Lipinski definition) is 3. The van der Waals surface area contributed by atoms with Crippen LogP contribution >= 0.6 is 0 Å². The van der Waals surface area contributed by atoms with E-state index in [-0.39, 0.29) is 0 Å². The van der Waals surface area contributed by atoms with Crippen LogP contribution in [0.4, 0.5) is 0 Å². The van der Waals surface area contributed by atoms with Gasteiger partial charge in [-0.3, -0.25) is 0 Å². The van der Waals surface area contributed by atoms with Crippen molar-refractivity contribution in [3.8, 4) is 0 Å². The molecule has 0 aromatic rings. The van der Waals surface area contributed by atoms with E-state index >= 15 is 0 Å². The van der Waals surface area contributed by atoms with Crippen LogP contribution in [0.25, 0.3) is 0 Å². The first-order valence-corrected chi connectivity index (χ1v) is 6.79. The molecule has 3 heteroatoms. The minimum absolute atomic E-state index is 0.408. The zero-order chi connectivity index (χ0) is 11.3. The van der Waals surface area contributed by atoms with Crippen molar-refractivity contribution in [2.75, 3.05) is 26.3 Å². The first-order valence-electron chi connectivity index (χ1n) is 6.79. The van der Waals surface area contributed by atoms with Gasteiger partial charge in [-0.2, -0.15) is 0 Å². The smallest absolute Gasteiger partial charge is 0.0771 e. The fraction of sp³-hybridized carbons (Fsp3) is 1.00. The monoisotopic (exact) mass is 227 g/mol. The van der Waals surface area contributed by atoms with Gasteiger partial charge < -0.3 is 15.2 Å². The number of hydrogen-bond donors (Lipinski definition) is 2. The maximum Gasteiger partial charge on any atom is 0.0771 e. The summed E-state index contributed by atoms with van der Waals surface area (Å²) in [6.45, 7) is 3.55. The lowest BCUT2D eigenvalue weighted by Gasteiger charge is -2.22. The fourth-order valence-corrected chi connectivity index (χ4v) is 2.36. The normalized spacial score (nSPS) is 23.8. The molecule has 2 aliphatic carbocycles. The summed E-state index contributed by atoms with van der Waals surface area (Å²) in [7, 11) is 0. The molecule has 0 amide bonds. The minimum atomic E-state index is -0.408. The van der Waals surface area contributed by atoms with Gasteiger partial charge in [0.25, 0.3) is 0 Å². The Hall–Kier alpha value is -0.120. The Kier molecular flexibility index (Phi) is 4.62. The van der Waals surface area contributed by atoms with Crippen LogP contribution in [0.15, 0.2) is 0 Å². The lowest BCUT2D eigenvalue weighted by Crippen LogP contribution is -2.38. The zero-order valence-electron chi connectivity index (χ0n) is 10.2. The maximum absolute atomic E-state index is 10.1. The molecule has 3 nitrogen and oxygen atoms in total. The van der Waals surface area contributed by atoms with Crippen LogP contribution in [0, 0.1) is 5.92 Å². The molecule has 0 aromatic heterocycles. The molecule has 2 rings (SSSR count). The molecule has 0 aromatic carbocycles. The van der Waals surface area contributed by atoms with E-state index in [4.69, 9.17) is 4.74 Å². The molecule has 0 radical (unpaired) electrons. The van der Waals surface area contributed by atoms with Gasteiger partial charge in [-0.1, -0.05) is 12.8 Å². The molecule has 0 saturated heterocycles. The summed E-state index contributed by atoms with van der Waals surface area (Å²) < 4.78 is 5.55. The lowest BCUT2D eigenvalue weighted by molar-refractivity contribution is 0.0468. The molecule has 0 aliphatic heterocycles. The van der Waals surface area contributed by atoms with Crippen molar-refractivity contribution in [3.63, 3.8) is 0 Å². The van der Waals surface area contributed by atoms with Crippen molar-refractivity contribution in [2.24, 2.45) is 5.92 Å². The number of nitrogens with one attached hydrogen (secondary N) is 1. The average Bonchev–Trinajstić information content (AvgIpc) is 2.99. The zero-order valence-corrected chi connectivity index (χ0v) is 10.2. The number of ether oxygens (including phenoxy) is 1. The molecule has 0 spiro atoms. The Morgan fingerprint density at radius 2 is 2.00 bits per heavy atom. The van der Waals surface area contributed by atoms with Gasteiger partial charge in [0.2, 0.25) is 0 Å². The topological polar surface area (TPSA) is 41.5 Å². The van der Waals surface area contributed by atoms with Gasteiger partial charge in [-0.25, -0.2) is 0 Å². The molecule has 2 saturated carbocycles. The van der Waals surface area contributed by atoms with E-state index in [9.17, 15) is 5.11 Å². The molecule has 2 N–H and O–H groups in total.